The highest BCUT2D eigenvalue weighted by Crippen LogP contribution is 2.40. The van der Waals surface area contributed by atoms with E-state index in [0.29, 0.717) is 5.69 Å². The third kappa shape index (κ3) is 4.33. The van der Waals surface area contributed by atoms with Crippen molar-refractivity contribution < 1.29 is 31.1 Å². The van der Waals surface area contributed by atoms with E-state index in [9.17, 15) is 26.3 Å². The Balaban J connectivity index is 2.54. The SMILES string of the molecule is CN(C)c1ccc(-c2cccc(OC(F)(F)F)c2)c(C(F)(F)F)c1. The second kappa shape index (κ2) is 6.26. The molecular formula is C16H13F6NO. The summed E-state index contributed by atoms with van der Waals surface area (Å²) in [6.45, 7) is 0. The molecule has 0 atom stereocenters. The van der Waals surface area contributed by atoms with Crippen molar-refractivity contribution in [2.24, 2.45) is 0 Å². The molecule has 2 aromatic carbocycles. The molecule has 0 aliphatic rings. The zero-order valence-corrected chi connectivity index (χ0v) is 12.7. The van der Waals surface area contributed by atoms with Gasteiger partial charge >= 0.3 is 12.5 Å². The average molecular weight is 349 g/mol. The Morgan fingerprint density at radius 2 is 1.54 bits per heavy atom. The fourth-order valence-electron chi connectivity index (χ4n) is 2.16. The summed E-state index contributed by atoms with van der Waals surface area (Å²) in [6, 6.07) is 8.09. The number of alkyl halides is 6. The highest BCUT2D eigenvalue weighted by molar-refractivity contribution is 5.72. The van der Waals surface area contributed by atoms with E-state index in [0.717, 1.165) is 18.2 Å². The Labute approximate surface area is 134 Å². The van der Waals surface area contributed by atoms with Gasteiger partial charge in [0.05, 0.1) is 5.56 Å². The largest absolute Gasteiger partial charge is 0.573 e. The number of benzene rings is 2. The van der Waals surface area contributed by atoms with E-state index in [4.69, 9.17) is 0 Å². The number of hydrogen-bond donors (Lipinski definition) is 0. The molecule has 0 spiro atoms. The minimum absolute atomic E-state index is 0.0191. The molecule has 24 heavy (non-hydrogen) atoms. The fourth-order valence-corrected chi connectivity index (χ4v) is 2.16. The lowest BCUT2D eigenvalue weighted by Gasteiger charge is -2.19. The van der Waals surface area contributed by atoms with E-state index in [2.05, 4.69) is 4.74 Å². The molecule has 0 radical (unpaired) electrons. The monoisotopic (exact) mass is 349 g/mol. The molecule has 0 unspecified atom stereocenters. The molecule has 2 aromatic rings. The summed E-state index contributed by atoms with van der Waals surface area (Å²) < 4.78 is 80.6. The summed E-state index contributed by atoms with van der Waals surface area (Å²) in [5.41, 5.74) is -0.846. The predicted octanol–water partition coefficient (Wildman–Crippen LogP) is 5.34. The first-order valence-electron chi connectivity index (χ1n) is 6.72. The molecule has 2 nitrogen and oxygen atoms in total. The lowest BCUT2D eigenvalue weighted by molar-refractivity contribution is -0.274. The molecule has 2 rings (SSSR count). The maximum absolute atomic E-state index is 13.3. The molecule has 130 valence electrons. The maximum Gasteiger partial charge on any atom is 0.573 e. The Morgan fingerprint density at radius 1 is 0.875 bits per heavy atom. The average Bonchev–Trinajstić information content (AvgIpc) is 2.44. The number of nitrogens with zero attached hydrogens (tertiary/aromatic N) is 1. The lowest BCUT2D eigenvalue weighted by Crippen LogP contribution is -2.17. The van der Waals surface area contributed by atoms with Crippen LogP contribution in [0.3, 0.4) is 0 Å². The Bertz CT molecular complexity index is 721. The van der Waals surface area contributed by atoms with Crippen LogP contribution in [0.5, 0.6) is 5.75 Å². The van der Waals surface area contributed by atoms with Gasteiger partial charge in [0.2, 0.25) is 0 Å². The lowest BCUT2D eigenvalue weighted by atomic mass is 9.98. The highest BCUT2D eigenvalue weighted by Gasteiger charge is 2.35. The van der Waals surface area contributed by atoms with Crippen LogP contribution in [0.2, 0.25) is 0 Å². The number of ether oxygens (including phenoxy) is 1. The molecule has 0 aromatic heterocycles. The van der Waals surface area contributed by atoms with Crippen molar-refractivity contribution in [1.29, 1.82) is 0 Å². The minimum atomic E-state index is -4.92. The summed E-state index contributed by atoms with van der Waals surface area (Å²) in [6.07, 6.45) is -9.57. The number of rotatable bonds is 3. The van der Waals surface area contributed by atoms with Gasteiger partial charge in [-0.2, -0.15) is 13.2 Å². The standard InChI is InChI=1S/C16H13F6NO/c1-23(2)11-6-7-13(14(9-11)15(17,18)19)10-4-3-5-12(8-10)24-16(20,21)22/h3-9H,1-2H3. The molecule has 0 amide bonds. The molecule has 0 saturated heterocycles. The molecule has 0 bridgehead atoms. The van der Waals surface area contributed by atoms with E-state index < -0.39 is 23.9 Å². The first kappa shape index (κ1) is 18.0. The predicted molar refractivity (Wildman–Crippen MR) is 77.9 cm³/mol. The van der Waals surface area contributed by atoms with E-state index in [1.807, 2.05) is 0 Å². The summed E-state index contributed by atoms with van der Waals surface area (Å²) in [5, 5.41) is 0. The number of halogens is 6. The fraction of sp³-hybridized carbons (Fsp3) is 0.250. The molecule has 0 N–H and O–H groups in total. The molecular weight excluding hydrogens is 336 g/mol. The van der Waals surface area contributed by atoms with Gasteiger partial charge in [-0.25, -0.2) is 0 Å². The van der Waals surface area contributed by atoms with Crippen LogP contribution in [0.25, 0.3) is 11.1 Å². The zero-order valence-electron chi connectivity index (χ0n) is 12.7. The normalized spacial score (nSPS) is 12.2. The first-order valence-corrected chi connectivity index (χ1v) is 6.72. The van der Waals surface area contributed by atoms with Crippen LogP contribution in [0, 0.1) is 0 Å². The Morgan fingerprint density at radius 3 is 2.08 bits per heavy atom. The van der Waals surface area contributed by atoms with Crippen molar-refractivity contribution in [3.05, 3.63) is 48.0 Å². The molecule has 0 fully saturated rings. The quantitative estimate of drug-likeness (QED) is 0.694. The summed E-state index contributed by atoms with van der Waals surface area (Å²) >= 11 is 0. The smallest absolute Gasteiger partial charge is 0.406 e. The highest BCUT2D eigenvalue weighted by atomic mass is 19.4. The van der Waals surface area contributed by atoms with E-state index >= 15 is 0 Å². The van der Waals surface area contributed by atoms with Crippen LogP contribution >= 0.6 is 0 Å². The van der Waals surface area contributed by atoms with E-state index in [1.54, 1.807) is 14.1 Å². The first-order chi connectivity index (χ1) is 11.0. The third-order valence-electron chi connectivity index (χ3n) is 3.20. The minimum Gasteiger partial charge on any atom is -0.406 e. The summed E-state index contributed by atoms with van der Waals surface area (Å²) in [5.74, 6) is -0.579. The van der Waals surface area contributed by atoms with Crippen LogP contribution in [0.4, 0.5) is 32.0 Å². The van der Waals surface area contributed by atoms with Crippen LogP contribution in [0.1, 0.15) is 5.56 Å². The maximum atomic E-state index is 13.3. The molecule has 0 saturated carbocycles. The van der Waals surface area contributed by atoms with Crippen LogP contribution in [-0.2, 0) is 6.18 Å². The van der Waals surface area contributed by atoms with Gasteiger partial charge in [0.25, 0.3) is 0 Å². The van der Waals surface area contributed by atoms with Gasteiger partial charge in [0.1, 0.15) is 5.75 Å². The third-order valence-corrected chi connectivity index (χ3v) is 3.20. The van der Waals surface area contributed by atoms with Crippen molar-refractivity contribution in [3.8, 4) is 16.9 Å². The zero-order chi connectivity index (χ0) is 18.1. The molecule has 0 aliphatic heterocycles. The second-order valence-electron chi connectivity index (χ2n) is 5.20. The Hall–Kier alpha value is -2.38. The van der Waals surface area contributed by atoms with Gasteiger partial charge in [-0.3, -0.25) is 0 Å². The van der Waals surface area contributed by atoms with E-state index in [-0.39, 0.29) is 11.1 Å². The molecule has 8 heteroatoms. The van der Waals surface area contributed by atoms with Gasteiger partial charge in [-0.1, -0.05) is 18.2 Å². The van der Waals surface area contributed by atoms with Gasteiger partial charge in [-0.15, -0.1) is 13.2 Å². The second-order valence-corrected chi connectivity index (χ2v) is 5.20. The van der Waals surface area contributed by atoms with Crippen LogP contribution in [-0.4, -0.2) is 20.5 Å². The Kier molecular flexibility index (Phi) is 4.68. The van der Waals surface area contributed by atoms with Crippen molar-refractivity contribution >= 4 is 5.69 Å². The number of anilines is 1. The van der Waals surface area contributed by atoms with Gasteiger partial charge in [0.15, 0.2) is 0 Å². The molecule has 0 aliphatic carbocycles. The van der Waals surface area contributed by atoms with Crippen molar-refractivity contribution in [2.45, 2.75) is 12.5 Å². The van der Waals surface area contributed by atoms with Gasteiger partial charge < -0.3 is 9.64 Å². The molecule has 0 heterocycles. The summed E-state index contributed by atoms with van der Waals surface area (Å²) in [4.78, 5) is 1.50. The van der Waals surface area contributed by atoms with Gasteiger partial charge in [0, 0.05) is 19.8 Å². The van der Waals surface area contributed by atoms with E-state index in [1.165, 1.54) is 29.2 Å². The van der Waals surface area contributed by atoms with Crippen LogP contribution in [0.15, 0.2) is 42.5 Å². The van der Waals surface area contributed by atoms with Crippen LogP contribution < -0.4 is 9.64 Å². The van der Waals surface area contributed by atoms with Crippen molar-refractivity contribution in [1.82, 2.24) is 0 Å². The van der Waals surface area contributed by atoms with Gasteiger partial charge in [-0.05, 0) is 35.4 Å². The topological polar surface area (TPSA) is 12.5 Å². The summed E-state index contributed by atoms with van der Waals surface area (Å²) in [7, 11) is 3.18. The number of hydrogen-bond acceptors (Lipinski definition) is 2. The van der Waals surface area contributed by atoms with Crippen molar-refractivity contribution in [3.63, 3.8) is 0 Å². The van der Waals surface area contributed by atoms with Crippen molar-refractivity contribution in [2.75, 3.05) is 19.0 Å².